The van der Waals surface area contributed by atoms with Crippen molar-refractivity contribution in [1.29, 1.82) is 0 Å². The predicted octanol–water partition coefficient (Wildman–Crippen LogP) is 4.74. The SMILES string of the molecule is CCCCN(C)CC([PH3+])(N(C)CCCC)N(C)CCCC.F[B-](F)(F)F. The molecular formula is C17H41BF4N3P. The van der Waals surface area contributed by atoms with Gasteiger partial charge in [-0.05, 0) is 47.0 Å². The van der Waals surface area contributed by atoms with Crippen LogP contribution in [0.25, 0.3) is 0 Å². The van der Waals surface area contributed by atoms with Gasteiger partial charge in [-0.15, -0.1) is 0 Å². The molecule has 0 saturated heterocycles. The van der Waals surface area contributed by atoms with E-state index in [2.05, 4.69) is 65.9 Å². The molecule has 0 bridgehead atoms. The van der Waals surface area contributed by atoms with Crippen molar-refractivity contribution in [3.05, 3.63) is 0 Å². The first-order valence-electron chi connectivity index (χ1n) is 9.76. The van der Waals surface area contributed by atoms with Crippen LogP contribution >= 0.6 is 9.24 Å². The molecule has 0 aromatic rings. The van der Waals surface area contributed by atoms with Crippen molar-refractivity contribution < 1.29 is 17.3 Å². The number of likely N-dealkylation sites (N-methyl/N-ethyl adjacent to an activating group) is 3. The molecule has 1 atom stereocenters. The number of hydrogen-bond donors (Lipinski definition) is 0. The first-order chi connectivity index (χ1) is 11.9. The Morgan fingerprint density at radius 2 is 1.04 bits per heavy atom. The molecule has 26 heavy (non-hydrogen) atoms. The highest BCUT2D eigenvalue weighted by molar-refractivity contribution is 7.18. The molecule has 0 heterocycles. The van der Waals surface area contributed by atoms with E-state index in [1.54, 1.807) is 0 Å². The summed E-state index contributed by atoms with van der Waals surface area (Å²) in [7, 11) is 3.06. The topological polar surface area (TPSA) is 9.72 Å². The van der Waals surface area contributed by atoms with Crippen LogP contribution in [0, 0.1) is 0 Å². The number of halogens is 4. The molecule has 0 aliphatic rings. The summed E-state index contributed by atoms with van der Waals surface area (Å²) in [5.41, 5.74) is 0. The lowest BCUT2D eigenvalue weighted by atomic mass is 10.2. The van der Waals surface area contributed by atoms with E-state index in [4.69, 9.17) is 0 Å². The summed E-state index contributed by atoms with van der Waals surface area (Å²) in [5.74, 6) is 0. The van der Waals surface area contributed by atoms with Crippen LogP contribution in [0.4, 0.5) is 17.3 Å². The van der Waals surface area contributed by atoms with Crippen molar-refractivity contribution in [2.75, 3.05) is 47.3 Å². The van der Waals surface area contributed by atoms with E-state index in [1.807, 2.05) is 0 Å². The summed E-state index contributed by atoms with van der Waals surface area (Å²) in [4.78, 5) is 7.67. The molecule has 1 unspecified atom stereocenters. The minimum Gasteiger partial charge on any atom is -0.418 e. The quantitative estimate of drug-likeness (QED) is 0.190. The molecular weight excluding hydrogens is 364 g/mol. The van der Waals surface area contributed by atoms with Gasteiger partial charge in [0.05, 0.1) is 6.54 Å². The Morgan fingerprint density at radius 1 is 0.731 bits per heavy atom. The predicted molar refractivity (Wildman–Crippen MR) is 112 cm³/mol. The second-order valence-electron chi connectivity index (χ2n) is 7.12. The molecule has 0 radical (unpaired) electrons. The van der Waals surface area contributed by atoms with Gasteiger partial charge in [0.1, 0.15) is 0 Å². The summed E-state index contributed by atoms with van der Waals surface area (Å²) >= 11 is 0. The van der Waals surface area contributed by atoms with Gasteiger partial charge in [-0.25, -0.2) is 0 Å². The van der Waals surface area contributed by atoms with Gasteiger partial charge in [0.2, 0.25) is 0 Å². The Labute approximate surface area is 161 Å². The zero-order valence-corrected chi connectivity index (χ0v) is 19.1. The van der Waals surface area contributed by atoms with E-state index in [-0.39, 0.29) is 5.40 Å². The zero-order chi connectivity index (χ0) is 20.8. The average Bonchev–Trinajstić information content (AvgIpc) is 2.53. The maximum absolute atomic E-state index is 9.75. The molecule has 0 aliphatic carbocycles. The standard InChI is InChI=1S/C17H40N3P.BF4/c1-7-10-13-18(4)16-17(21,19(5)14-11-8-2)20(6)15-12-9-3;2-1(3,4)5/h7-16,21H2,1-6H3;/q;-1/p+1. The van der Waals surface area contributed by atoms with E-state index in [1.165, 1.54) is 58.2 Å². The molecule has 160 valence electrons. The lowest BCUT2D eigenvalue weighted by molar-refractivity contribution is 0.0216. The first-order valence-corrected chi connectivity index (χ1v) is 10.5. The Balaban J connectivity index is 0. The Hall–Kier alpha value is 0.0949. The lowest BCUT2D eigenvalue weighted by Gasteiger charge is -2.43. The largest absolute Gasteiger partial charge is 0.673 e. The second kappa shape index (κ2) is 15.1. The van der Waals surface area contributed by atoms with Crippen LogP contribution in [-0.4, -0.2) is 74.7 Å². The molecule has 0 amide bonds. The summed E-state index contributed by atoms with van der Waals surface area (Å²) < 4.78 is 39.0. The average molecular weight is 405 g/mol. The fourth-order valence-corrected chi connectivity index (χ4v) is 3.38. The maximum Gasteiger partial charge on any atom is 0.673 e. The van der Waals surface area contributed by atoms with Crippen LogP contribution in [-0.2, 0) is 0 Å². The van der Waals surface area contributed by atoms with Crippen molar-refractivity contribution in [1.82, 2.24) is 14.7 Å². The van der Waals surface area contributed by atoms with Gasteiger partial charge in [-0.2, -0.15) is 0 Å². The third kappa shape index (κ3) is 15.2. The van der Waals surface area contributed by atoms with Crippen LogP contribution in [0.3, 0.4) is 0 Å². The molecule has 0 rings (SSSR count). The molecule has 0 aromatic carbocycles. The van der Waals surface area contributed by atoms with E-state index in [0.29, 0.717) is 0 Å². The Kier molecular flexibility index (Phi) is 16.4. The minimum atomic E-state index is -6.00. The number of unbranched alkanes of at least 4 members (excludes halogenated alkanes) is 3. The highest BCUT2D eigenvalue weighted by Crippen LogP contribution is 2.28. The molecule has 0 spiro atoms. The molecule has 9 heteroatoms. The zero-order valence-electron chi connectivity index (χ0n) is 17.7. The Morgan fingerprint density at radius 3 is 1.35 bits per heavy atom. The van der Waals surface area contributed by atoms with Crippen molar-refractivity contribution in [3.8, 4) is 0 Å². The van der Waals surface area contributed by atoms with Crippen molar-refractivity contribution >= 4 is 16.5 Å². The van der Waals surface area contributed by atoms with E-state index >= 15 is 0 Å². The third-order valence-corrected chi connectivity index (χ3v) is 5.84. The van der Waals surface area contributed by atoms with Gasteiger partial charge in [0, 0.05) is 22.3 Å². The van der Waals surface area contributed by atoms with Gasteiger partial charge in [0.15, 0.2) is 5.40 Å². The molecule has 0 aliphatic heterocycles. The fourth-order valence-electron chi connectivity index (χ4n) is 2.68. The maximum atomic E-state index is 9.75. The summed E-state index contributed by atoms with van der Waals surface area (Å²) in [6, 6.07) is 0. The smallest absolute Gasteiger partial charge is 0.418 e. The monoisotopic (exact) mass is 405 g/mol. The van der Waals surface area contributed by atoms with Gasteiger partial charge < -0.3 is 17.3 Å². The minimum absolute atomic E-state index is 0.160. The van der Waals surface area contributed by atoms with E-state index in [0.717, 1.165) is 6.54 Å². The van der Waals surface area contributed by atoms with Gasteiger partial charge >= 0.3 is 7.25 Å². The number of hydrogen-bond acceptors (Lipinski definition) is 3. The third-order valence-electron chi connectivity index (χ3n) is 4.53. The molecule has 0 saturated carbocycles. The van der Waals surface area contributed by atoms with E-state index < -0.39 is 7.25 Å². The fraction of sp³-hybridized carbons (Fsp3) is 1.00. The van der Waals surface area contributed by atoms with Crippen LogP contribution in [0.15, 0.2) is 0 Å². The summed E-state index contributed by atoms with van der Waals surface area (Å²) in [6.07, 6.45) is 7.70. The van der Waals surface area contributed by atoms with Gasteiger partial charge in [-0.3, -0.25) is 14.7 Å². The number of rotatable bonds is 13. The van der Waals surface area contributed by atoms with Crippen molar-refractivity contribution in [3.63, 3.8) is 0 Å². The normalized spacial score (nSPS) is 12.8. The Bertz CT molecular complexity index is 316. The molecule has 3 nitrogen and oxygen atoms in total. The van der Waals surface area contributed by atoms with Crippen LogP contribution in [0.2, 0.25) is 0 Å². The van der Waals surface area contributed by atoms with Crippen LogP contribution in [0.1, 0.15) is 59.3 Å². The number of nitrogens with zero attached hydrogens (tertiary/aromatic N) is 3. The highest BCUT2D eigenvalue weighted by atomic mass is 31.0. The molecule has 0 aromatic heterocycles. The van der Waals surface area contributed by atoms with Crippen molar-refractivity contribution in [2.24, 2.45) is 0 Å². The van der Waals surface area contributed by atoms with E-state index in [9.17, 15) is 17.3 Å². The van der Waals surface area contributed by atoms with Crippen LogP contribution in [0.5, 0.6) is 0 Å². The van der Waals surface area contributed by atoms with Gasteiger partial charge in [0.25, 0.3) is 0 Å². The molecule has 0 N–H and O–H groups in total. The van der Waals surface area contributed by atoms with Crippen LogP contribution < -0.4 is 0 Å². The highest BCUT2D eigenvalue weighted by Gasteiger charge is 2.39. The molecule has 0 fully saturated rings. The first kappa shape index (κ1) is 28.3. The summed E-state index contributed by atoms with van der Waals surface area (Å²) in [6.45, 7) is 11.6. The van der Waals surface area contributed by atoms with Crippen molar-refractivity contribution in [2.45, 2.75) is 64.7 Å². The van der Waals surface area contributed by atoms with Gasteiger partial charge in [-0.1, -0.05) is 40.0 Å². The lowest BCUT2D eigenvalue weighted by Crippen LogP contribution is -2.59. The second-order valence-corrected chi connectivity index (χ2v) is 8.25. The summed E-state index contributed by atoms with van der Waals surface area (Å²) in [5, 5.41) is 0.160.